The van der Waals surface area contributed by atoms with E-state index in [1.807, 2.05) is 9.34 Å². The van der Waals surface area contributed by atoms with Gasteiger partial charge >= 0.3 is 13.4 Å². The van der Waals surface area contributed by atoms with Crippen LogP contribution in [0.1, 0.15) is 18.1 Å². The Hall–Kier alpha value is -3.31. The molecule has 0 N–H and O–H groups in total. The highest BCUT2D eigenvalue weighted by molar-refractivity contribution is 7.54. The molecule has 6 rings (SSSR count). The van der Waals surface area contributed by atoms with Crippen LogP contribution in [0.2, 0.25) is 0 Å². The fourth-order valence-corrected chi connectivity index (χ4v) is 6.59. The van der Waals surface area contributed by atoms with Crippen molar-refractivity contribution in [2.45, 2.75) is 12.5 Å². The van der Waals surface area contributed by atoms with Gasteiger partial charge in [-0.25, -0.2) is 14.0 Å². The van der Waals surface area contributed by atoms with Gasteiger partial charge in [-0.1, -0.05) is 6.07 Å². The minimum absolute atomic E-state index is 0.0330. The zero-order valence-electron chi connectivity index (χ0n) is 18.8. The van der Waals surface area contributed by atoms with E-state index in [4.69, 9.17) is 14.0 Å². The van der Waals surface area contributed by atoms with Crippen LogP contribution in [-0.2, 0) is 16.1 Å². The van der Waals surface area contributed by atoms with Gasteiger partial charge in [-0.05, 0) is 18.2 Å². The third-order valence-electron chi connectivity index (χ3n) is 6.27. The normalized spacial score (nSPS) is 19.7. The fraction of sp³-hybridized carbons (Fsp3) is 0.364. The second-order valence-corrected chi connectivity index (χ2v) is 11.0. The second-order valence-electron chi connectivity index (χ2n) is 8.64. The van der Waals surface area contributed by atoms with Gasteiger partial charge in [-0.15, -0.1) is 0 Å². The van der Waals surface area contributed by atoms with Crippen LogP contribution in [0.5, 0.6) is 17.2 Å². The van der Waals surface area contributed by atoms with Gasteiger partial charge in [-0.3, -0.25) is 24.0 Å². The summed E-state index contributed by atoms with van der Waals surface area (Å²) in [5.41, 5.74) is -0.0658. The minimum Gasteiger partial charge on any atom is -0.493 e. The summed E-state index contributed by atoms with van der Waals surface area (Å²) >= 11 is 0. The zero-order chi connectivity index (χ0) is 24.3. The smallest absolute Gasteiger partial charge is 0.346 e. The lowest BCUT2D eigenvalue weighted by Crippen LogP contribution is -2.19. The molecule has 2 fully saturated rings. The maximum Gasteiger partial charge on any atom is 0.346 e. The summed E-state index contributed by atoms with van der Waals surface area (Å²) in [6, 6.07) is 7.72. The Morgan fingerprint density at radius 1 is 1.14 bits per heavy atom. The standard InChI is InChI=1S/C22H22N5O7P/c1-24-22(28)14-3-2-4-18(16(14)13-23-24)33-21-11-15-19(5-10-32-20(15)12-17(21)27(29)30)34-35(31,25-6-7-25)26-8-9-26/h2-4,11-13,19H,5-10H2,1H3. The number of ether oxygens (including phenoxy) is 2. The average Bonchev–Trinajstić information content (AvgIpc) is 3.74. The van der Waals surface area contributed by atoms with E-state index in [2.05, 4.69) is 5.10 Å². The first kappa shape index (κ1) is 22.2. The SMILES string of the molecule is Cn1ncc2c(Oc3cc4c(cc3[N+](=O)[O-])OCCC4OP(=O)(N3CC3)N3CC3)cccc2c1=O. The molecule has 182 valence electrons. The maximum atomic E-state index is 13.6. The fourth-order valence-electron chi connectivity index (χ4n) is 4.22. The van der Waals surface area contributed by atoms with Crippen molar-refractivity contribution in [3.8, 4) is 17.2 Å². The van der Waals surface area contributed by atoms with Gasteiger partial charge in [0.25, 0.3) is 5.56 Å². The third-order valence-corrected chi connectivity index (χ3v) is 9.03. The number of hydrogen-bond acceptors (Lipinski definition) is 8. The first-order valence-electron chi connectivity index (χ1n) is 11.2. The van der Waals surface area contributed by atoms with E-state index in [9.17, 15) is 19.5 Å². The second kappa shape index (κ2) is 8.13. The molecule has 0 saturated carbocycles. The summed E-state index contributed by atoms with van der Waals surface area (Å²) in [6.45, 7) is 3.15. The van der Waals surface area contributed by atoms with Crippen LogP contribution in [0.4, 0.5) is 5.69 Å². The molecule has 3 aromatic rings. The van der Waals surface area contributed by atoms with E-state index in [0.29, 0.717) is 54.7 Å². The lowest BCUT2D eigenvalue weighted by molar-refractivity contribution is -0.385. The Bertz CT molecular complexity index is 1450. The summed E-state index contributed by atoms with van der Waals surface area (Å²) in [5, 5.41) is 16.7. The molecule has 0 spiro atoms. The van der Waals surface area contributed by atoms with Crippen LogP contribution in [0.15, 0.2) is 41.3 Å². The zero-order valence-corrected chi connectivity index (χ0v) is 19.7. The van der Waals surface area contributed by atoms with Crippen LogP contribution in [0.3, 0.4) is 0 Å². The Morgan fingerprint density at radius 3 is 2.57 bits per heavy atom. The number of nitrogens with zero attached hydrogens (tertiary/aromatic N) is 5. The summed E-state index contributed by atoms with van der Waals surface area (Å²) in [6.07, 6.45) is 1.36. The van der Waals surface area contributed by atoms with Crippen LogP contribution < -0.4 is 15.0 Å². The van der Waals surface area contributed by atoms with Gasteiger partial charge in [0, 0.05) is 45.2 Å². The Labute approximate surface area is 199 Å². The molecule has 35 heavy (non-hydrogen) atoms. The number of benzene rings is 2. The van der Waals surface area contributed by atoms with Gasteiger partial charge in [0.15, 0.2) is 0 Å². The quantitative estimate of drug-likeness (QED) is 0.207. The molecule has 0 aliphatic carbocycles. The van der Waals surface area contributed by atoms with Gasteiger partial charge in [0.1, 0.15) is 11.5 Å². The Kier molecular flexibility index (Phi) is 5.15. The number of hydrogen-bond donors (Lipinski definition) is 0. The maximum absolute atomic E-state index is 13.6. The highest BCUT2D eigenvalue weighted by Crippen LogP contribution is 2.64. The molecule has 3 aliphatic heterocycles. The van der Waals surface area contributed by atoms with Crippen molar-refractivity contribution in [1.82, 2.24) is 19.1 Å². The van der Waals surface area contributed by atoms with Crippen molar-refractivity contribution in [2.24, 2.45) is 7.05 Å². The molecule has 13 heteroatoms. The number of aryl methyl sites for hydroxylation is 1. The molecule has 3 aliphatic rings. The molecule has 0 bridgehead atoms. The minimum atomic E-state index is -3.13. The van der Waals surface area contributed by atoms with E-state index < -0.39 is 18.7 Å². The molecule has 1 unspecified atom stereocenters. The van der Waals surface area contributed by atoms with Crippen molar-refractivity contribution < 1.29 is 23.5 Å². The topological polar surface area (TPSA) is 129 Å². The largest absolute Gasteiger partial charge is 0.493 e. The molecular formula is C22H22N5O7P. The predicted octanol–water partition coefficient (Wildman–Crippen LogP) is 3.21. The molecule has 2 aromatic carbocycles. The molecule has 12 nitrogen and oxygen atoms in total. The van der Waals surface area contributed by atoms with Gasteiger partial charge in [0.05, 0.1) is 40.7 Å². The molecule has 1 aromatic heterocycles. The third kappa shape index (κ3) is 3.88. The lowest BCUT2D eigenvalue weighted by Gasteiger charge is -2.30. The Morgan fingerprint density at radius 2 is 1.89 bits per heavy atom. The van der Waals surface area contributed by atoms with Crippen molar-refractivity contribution >= 4 is 24.1 Å². The molecule has 1 atom stereocenters. The van der Waals surface area contributed by atoms with Crippen LogP contribution in [0.25, 0.3) is 10.8 Å². The summed E-state index contributed by atoms with van der Waals surface area (Å²) in [7, 11) is -1.59. The van der Waals surface area contributed by atoms with Crippen molar-refractivity contribution in [3.63, 3.8) is 0 Å². The molecule has 0 radical (unpaired) electrons. The number of nitro benzene ring substituents is 1. The number of aromatic nitrogens is 2. The van der Waals surface area contributed by atoms with Crippen molar-refractivity contribution in [2.75, 3.05) is 32.8 Å². The first-order chi connectivity index (χ1) is 16.8. The van der Waals surface area contributed by atoms with E-state index in [1.54, 1.807) is 25.2 Å². The predicted molar refractivity (Wildman–Crippen MR) is 125 cm³/mol. The summed E-state index contributed by atoms with van der Waals surface area (Å²) in [5.74, 6) is 0.523. The molecular weight excluding hydrogens is 477 g/mol. The molecule has 0 amide bonds. The monoisotopic (exact) mass is 499 g/mol. The first-order valence-corrected chi connectivity index (χ1v) is 12.8. The van der Waals surface area contributed by atoms with Crippen molar-refractivity contribution in [3.05, 3.63) is 62.6 Å². The average molecular weight is 499 g/mol. The summed E-state index contributed by atoms with van der Waals surface area (Å²) < 4.78 is 36.4. The van der Waals surface area contributed by atoms with E-state index in [1.165, 1.54) is 23.0 Å². The van der Waals surface area contributed by atoms with Gasteiger partial charge < -0.3 is 9.47 Å². The molecule has 2 saturated heterocycles. The highest BCUT2D eigenvalue weighted by atomic mass is 31.2. The molecule has 4 heterocycles. The highest BCUT2D eigenvalue weighted by Gasteiger charge is 2.51. The Balaban J connectivity index is 1.41. The van der Waals surface area contributed by atoms with E-state index in [-0.39, 0.29) is 29.4 Å². The summed E-state index contributed by atoms with van der Waals surface area (Å²) in [4.78, 5) is 23.8. The van der Waals surface area contributed by atoms with Gasteiger partial charge in [-0.2, -0.15) is 5.10 Å². The number of nitro groups is 1. The van der Waals surface area contributed by atoms with Crippen LogP contribution >= 0.6 is 7.67 Å². The lowest BCUT2D eigenvalue weighted by atomic mass is 10.0. The number of fused-ring (bicyclic) bond motifs is 2. The van der Waals surface area contributed by atoms with E-state index in [0.717, 1.165) is 0 Å². The van der Waals surface area contributed by atoms with Crippen LogP contribution in [-0.4, -0.2) is 56.8 Å². The number of rotatable bonds is 7. The van der Waals surface area contributed by atoms with Crippen molar-refractivity contribution in [1.29, 1.82) is 0 Å². The van der Waals surface area contributed by atoms with Crippen LogP contribution in [0, 0.1) is 10.1 Å². The van der Waals surface area contributed by atoms with E-state index >= 15 is 0 Å². The van der Waals surface area contributed by atoms with Gasteiger partial charge in [0.2, 0.25) is 5.75 Å².